The molecule has 1 fully saturated rings. The molecule has 0 saturated heterocycles. The first-order valence-corrected chi connectivity index (χ1v) is 5.56. The summed E-state index contributed by atoms with van der Waals surface area (Å²) in [6, 6.07) is 0.542. The van der Waals surface area contributed by atoms with E-state index in [4.69, 9.17) is 4.74 Å². The van der Waals surface area contributed by atoms with Gasteiger partial charge in [0.25, 0.3) is 0 Å². The summed E-state index contributed by atoms with van der Waals surface area (Å²) in [5.41, 5.74) is 0. The third kappa shape index (κ3) is 4.10. The van der Waals surface area contributed by atoms with Crippen LogP contribution in [0.3, 0.4) is 0 Å². The van der Waals surface area contributed by atoms with Crippen molar-refractivity contribution in [2.45, 2.75) is 51.7 Å². The van der Waals surface area contributed by atoms with Crippen LogP contribution in [0.2, 0.25) is 0 Å². The molecule has 1 rings (SSSR count). The molecular formula is C11H23NO. The van der Waals surface area contributed by atoms with E-state index in [0.717, 1.165) is 12.5 Å². The van der Waals surface area contributed by atoms with Crippen LogP contribution in [-0.2, 0) is 4.74 Å². The van der Waals surface area contributed by atoms with Crippen molar-refractivity contribution in [3.05, 3.63) is 0 Å². The maximum atomic E-state index is 5.59. The molecule has 1 aliphatic carbocycles. The smallest absolute Gasteiger partial charge is 0.0699 e. The van der Waals surface area contributed by atoms with Gasteiger partial charge in [0.05, 0.1) is 6.10 Å². The van der Waals surface area contributed by atoms with Crippen LogP contribution in [0.5, 0.6) is 0 Å². The second-order valence-corrected chi connectivity index (χ2v) is 4.08. The molecule has 2 atom stereocenters. The summed E-state index contributed by atoms with van der Waals surface area (Å²) in [7, 11) is 2.03. The lowest BCUT2D eigenvalue weighted by atomic mass is 10.0. The Kier molecular flexibility index (Phi) is 4.74. The summed E-state index contributed by atoms with van der Waals surface area (Å²) in [4.78, 5) is 0. The average molecular weight is 185 g/mol. The molecule has 0 radical (unpaired) electrons. The molecule has 2 unspecified atom stereocenters. The molecule has 0 spiro atoms. The second kappa shape index (κ2) is 5.61. The third-order valence-electron chi connectivity index (χ3n) is 2.95. The van der Waals surface area contributed by atoms with Crippen molar-refractivity contribution in [1.29, 1.82) is 0 Å². The average Bonchev–Trinajstić information content (AvgIpc) is 2.89. The summed E-state index contributed by atoms with van der Waals surface area (Å²) in [5.74, 6) is 1.03. The van der Waals surface area contributed by atoms with Crippen LogP contribution in [-0.4, -0.2) is 25.8 Å². The van der Waals surface area contributed by atoms with Gasteiger partial charge in [-0.3, -0.25) is 0 Å². The molecule has 2 heteroatoms. The van der Waals surface area contributed by atoms with Gasteiger partial charge in [-0.2, -0.15) is 0 Å². The lowest BCUT2D eigenvalue weighted by molar-refractivity contribution is 0.0464. The molecule has 0 heterocycles. The van der Waals surface area contributed by atoms with Gasteiger partial charge < -0.3 is 10.1 Å². The number of ether oxygens (including phenoxy) is 1. The van der Waals surface area contributed by atoms with Crippen LogP contribution < -0.4 is 5.32 Å². The fraction of sp³-hybridized carbons (Fsp3) is 1.00. The zero-order valence-electron chi connectivity index (χ0n) is 9.18. The summed E-state index contributed by atoms with van der Waals surface area (Å²) in [6.07, 6.45) is 5.92. The molecular weight excluding hydrogens is 162 g/mol. The summed E-state index contributed by atoms with van der Waals surface area (Å²) in [6.45, 7) is 5.05. The molecule has 13 heavy (non-hydrogen) atoms. The number of hydrogen-bond donors (Lipinski definition) is 1. The van der Waals surface area contributed by atoms with Crippen LogP contribution in [0.4, 0.5) is 0 Å². The van der Waals surface area contributed by atoms with Gasteiger partial charge in [0.15, 0.2) is 0 Å². The van der Waals surface area contributed by atoms with E-state index in [1.807, 2.05) is 7.05 Å². The monoisotopic (exact) mass is 185 g/mol. The first kappa shape index (κ1) is 11.0. The minimum Gasteiger partial charge on any atom is -0.377 e. The van der Waals surface area contributed by atoms with Gasteiger partial charge in [-0.1, -0.05) is 12.8 Å². The maximum Gasteiger partial charge on any atom is 0.0699 e. The Morgan fingerprint density at radius 2 is 2.15 bits per heavy atom. The van der Waals surface area contributed by atoms with Crippen molar-refractivity contribution in [3.63, 3.8) is 0 Å². The fourth-order valence-electron chi connectivity index (χ4n) is 1.81. The highest BCUT2D eigenvalue weighted by Gasteiger charge is 2.24. The van der Waals surface area contributed by atoms with E-state index in [2.05, 4.69) is 19.2 Å². The molecule has 0 amide bonds. The molecule has 1 aliphatic rings. The van der Waals surface area contributed by atoms with Crippen LogP contribution in [0.25, 0.3) is 0 Å². The molecule has 0 aliphatic heterocycles. The van der Waals surface area contributed by atoms with Gasteiger partial charge >= 0.3 is 0 Å². The minimum atomic E-state index is 0.355. The van der Waals surface area contributed by atoms with Gasteiger partial charge in [-0.25, -0.2) is 0 Å². The Bertz CT molecular complexity index is 134. The lowest BCUT2D eigenvalue weighted by Gasteiger charge is -2.23. The molecule has 78 valence electrons. The molecule has 0 aromatic carbocycles. The molecule has 2 nitrogen and oxygen atoms in total. The predicted molar refractivity (Wildman–Crippen MR) is 55.9 cm³/mol. The van der Waals surface area contributed by atoms with Crippen molar-refractivity contribution >= 4 is 0 Å². The van der Waals surface area contributed by atoms with Crippen molar-refractivity contribution in [2.24, 2.45) is 5.92 Å². The van der Waals surface area contributed by atoms with Gasteiger partial charge in [0.1, 0.15) is 0 Å². The Morgan fingerprint density at radius 3 is 2.62 bits per heavy atom. The van der Waals surface area contributed by atoms with Crippen LogP contribution in [0, 0.1) is 5.92 Å². The molecule has 0 aromatic rings. The normalized spacial score (nSPS) is 21.5. The first-order valence-electron chi connectivity index (χ1n) is 5.56. The summed E-state index contributed by atoms with van der Waals surface area (Å²) < 4.78 is 5.59. The Morgan fingerprint density at radius 1 is 1.46 bits per heavy atom. The summed E-state index contributed by atoms with van der Waals surface area (Å²) >= 11 is 0. The van der Waals surface area contributed by atoms with Crippen molar-refractivity contribution in [3.8, 4) is 0 Å². The van der Waals surface area contributed by atoms with E-state index in [1.54, 1.807) is 0 Å². The SMILES string of the molecule is CCOC(C)C(CCC1CC1)NC. The first-order chi connectivity index (χ1) is 6.27. The van der Waals surface area contributed by atoms with Crippen LogP contribution >= 0.6 is 0 Å². The topological polar surface area (TPSA) is 21.3 Å². The Balaban J connectivity index is 2.14. The van der Waals surface area contributed by atoms with Crippen LogP contribution in [0.15, 0.2) is 0 Å². The van der Waals surface area contributed by atoms with E-state index in [-0.39, 0.29) is 0 Å². The zero-order valence-corrected chi connectivity index (χ0v) is 9.18. The number of rotatable bonds is 7. The second-order valence-electron chi connectivity index (χ2n) is 4.08. The van der Waals surface area contributed by atoms with E-state index in [9.17, 15) is 0 Å². The van der Waals surface area contributed by atoms with Crippen molar-refractivity contribution < 1.29 is 4.74 Å². The third-order valence-corrected chi connectivity index (χ3v) is 2.95. The molecule has 0 aromatic heterocycles. The quantitative estimate of drug-likeness (QED) is 0.656. The highest BCUT2D eigenvalue weighted by Crippen LogP contribution is 2.34. The fourth-order valence-corrected chi connectivity index (χ4v) is 1.81. The highest BCUT2D eigenvalue weighted by molar-refractivity contribution is 4.78. The molecule has 0 bridgehead atoms. The van der Waals surface area contributed by atoms with E-state index >= 15 is 0 Å². The van der Waals surface area contributed by atoms with Crippen LogP contribution in [0.1, 0.15) is 39.5 Å². The van der Waals surface area contributed by atoms with Gasteiger partial charge in [0, 0.05) is 12.6 Å². The summed E-state index contributed by atoms with van der Waals surface area (Å²) in [5, 5.41) is 3.34. The molecule has 1 saturated carbocycles. The van der Waals surface area contributed by atoms with Gasteiger partial charge in [-0.15, -0.1) is 0 Å². The highest BCUT2D eigenvalue weighted by atomic mass is 16.5. The largest absolute Gasteiger partial charge is 0.377 e. The van der Waals surface area contributed by atoms with Crippen molar-refractivity contribution in [2.75, 3.05) is 13.7 Å². The minimum absolute atomic E-state index is 0.355. The number of hydrogen-bond acceptors (Lipinski definition) is 2. The van der Waals surface area contributed by atoms with Gasteiger partial charge in [-0.05, 0) is 39.7 Å². The van der Waals surface area contributed by atoms with E-state index < -0.39 is 0 Å². The Labute approximate surface area is 82.0 Å². The number of nitrogens with one attached hydrogen (secondary N) is 1. The zero-order chi connectivity index (χ0) is 9.68. The molecule has 1 N–H and O–H groups in total. The maximum absolute atomic E-state index is 5.59. The van der Waals surface area contributed by atoms with Crippen molar-refractivity contribution in [1.82, 2.24) is 5.32 Å². The Hall–Kier alpha value is -0.0800. The predicted octanol–water partition coefficient (Wildman–Crippen LogP) is 2.19. The standard InChI is InChI=1S/C11H23NO/c1-4-13-9(2)11(12-3)8-7-10-5-6-10/h9-12H,4-8H2,1-3H3. The van der Waals surface area contributed by atoms with E-state index in [0.29, 0.717) is 12.1 Å². The lowest BCUT2D eigenvalue weighted by Crippen LogP contribution is -2.37. The van der Waals surface area contributed by atoms with E-state index in [1.165, 1.54) is 25.7 Å². The van der Waals surface area contributed by atoms with Gasteiger partial charge in [0.2, 0.25) is 0 Å². The number of likely N-dealkylation sites (N-methyl/N-ethyl adjacent to an activating group) is 1.